The summed E-state index contributed by atoms with van der Waals surface area (Å²) in [5.41, 5.74) is -0.118. The molecule has 148 valence electrons. The van der Waals surface area contributed by atoms with Crippen molar-refractivity contribution < 1.29 is 19.4 Å². The lowest BCUT2D eigenvalue weighted by molar-refractivity contribution is -0.142. The zero-order chi connectivity index (χ0) is 19.5. The van der Waals surface area contributed by atoms with E-state index < -0.39 is 5.60 Å². The first-order chi connectivity index (χ1) is 13.4. The number of hydrogen-bond acceptors (Lipinski definition) is 6. The summed E-state index contributed by atoms with van der Waals surface area (Å²) in [6.07, 6.45) is 2.89. The van der Waals surface area contributed by atoms with E-state index in [2.05, 4.69) is 10.1 Å². The highest BCUT2D eigenvalue weighted by Crippen LogP contribution is 2.47. The van der Waals surface area contributed by atoms with E-state index in [1.807, 2.05) is 36.9 Å². The van der Waals surface area contributed by atoms with Gasteiger partial charge in [0.2, 0.25) is 12.7 Å². The highest BCUT2D eigenvalue weighted by atomic mass is 16.7. The van der Waals surface area contributed by atoms with E-state index in [4.69, 9.17) is 9.47 Å². The fraction of sp³-hybridized carbons (Fsp3) is 0.550. The quantitative estimate of drug-likeness (QED) is 0.866. The van der Waals surface area contributed by atoms with Gasteiger partial charge in [-0.1, -0.05) is 6.07 Å². The molecule has 8 nitrogen and oxygen atoms in total. The fourth-order valence-electron chi connectivity index (χ4n) is 4.97. The van der Waals surface area contributed by atoms with Crippen molar-refractivity contribution in [2.24, 2.45) is 0 Å². The molecule has 1 aromatic heterocycles. The lowest BCUT2D eigenvalue weighted by Gasteiger charge is -2.44. The van der Waals surface area contributed by atoms with Crippen LogP contribution in [0.5, 0.6) is 11.5 Å². The predicted octanol–water partition coefficient (Wildman–Crippen LogP) is 1.66. The van der Waals surface area contributed by atoms with E-state index in [9.17, 15) is 9.90 Å². The number of aryl methyl sites for hydroxylation is 2. The third-order valence-electron chi connectivity index (χ3n) is 6.21. The number of benzene rings is 1. The predicted molar refractivity (Wildman–Crippen MR) is 98.8 cm³/mol. The maximum atomic E-state index is 13.0. The minimum Gasteiger partial charge on any atom is -0.454 e. The summed E-state index contributed by atoms with van der Waals surface area (Å²) in [5, 5.41) is 15.7. The van der Waals surface area contributed by atoms with Crippen LogP contribution < -0.4 is 9.47 Å². The molecule has 0 aliphatic carbocycles. The number of hydrogen-bond donors (Lipinski definition) is 1. The fourth-order valence-corrected chi connectivity index (χ4v) is 4.97. The lowest BCUT2D eigenvalue weighted by Crippen LogP contribution is -2.52. The highest BCUT2D eigenvalue weighted by molar-refractivity contribution is 5.77. The number of aromatic nitrogens is 3. The van der Waals surface area contributed by atoms with Crippen molar-refractivity contribution in [2.75, 3.05) is 6.79 Å². The molecule has 8 heteroatoms. The lowest BCUT2D eigenvalue weighted by atomic mass is 9.80. The van der Waals surface area contributed by atoms with Crippen LogP contribution in [0.4, 0.5) is 0 Å². The molecular formula is C20H24N4O4. The number of piperidine rings is 1. The van der Waals surface area contributed by atoms with Gasteiger partial charge in [-0.15, -0.1) is 0 Å². The Labute approximate surface area is 163 Å². The standard InChI is InChI=1S/C20H24N4O4/c1-12-21-13(2)23(22-12)10-19(25)24-15-4-5-16(24)9-20(26,8-15)14-3-6-17-18(7-14)28-11-27-17/h3,6-7,15-16,26H,4-5,8-11H2,1-2H3/t15-,16-/m1/s1. The number of aliphatic hydroxyl groups is 1. The van der Waals surface area contributed by atoms with Crippen molar-refractivity contribution in [3.8, 4) is 11.5 Å². The van der Waals surface area contributed by atoms with Gasteiger partial charge in [0.05, 0.1) is 5.60 Å². The third kappa shape index (κ3) is 2.74. The van der Waals surface area contributed by atoms with Gasteiger partial charge in [-0.2, -0.15) is 5.10 Å². The van der Waals surface area contributed by atoms with Crippen LogP contribution in [0, 0.1) is 13.8 Å². The van der Waals surface area contributed by atoms with Crippen molar-refractivity contribution in [3.63, 3.8) is 0 Å². The number of nitrogens with zero attached hydrogens (tertiary/aromatic N) is 4. The first-order valence-electron chi connectivity index (χ1n) is 9.75. The Morgan fingerprint density at radius 2 is 1.93 bits per heavy atom. The molecule has 1 amide bonds. The monoisotopic (exact) mass is 384 g/mol. The molecule has 2 fully saturated rings. The molecular weight excluding hydrogens is 360 g/mol. The van der Waals surface area contributed by atoms with Crippen LogP contribution in [0.25, 0.3) is 0 Å². The second-order valence-electron chi connectivity index (χ2n) is 8.06. The summed E-state index contributed by atoms with van der Waals surface area (Å²) in [4.78, 5) is 19.3. The zero-order valence-corrected chi connectivity index (χ0v) is 16.1. The average Bonchev–Trinajstić information content (AvgIpc) is 3.31. The summed E-state index contributed by atoms with van der Waals surface area (Å²) >= 11 is 0. The molecule has 2 atom stereocenters. The minimum absolute atomic E-state index is 0.0339. The topological polar surface area (TPSA) is 89.7 Å². The van der Waals surface area contributed by atoms with Gasteiger partial charge in [-0.25, -0.2) is 9.67 Å². The SMILES string of the molecule is Cc1nc(C)n(CC(=O)N2[C@@H]3CC[C@@H]2CC(O)(c2ccc4c(c2)OCO4)C3)n1. The van der Waals surface area contributed by atoms with Crippen LogP contribution in [0.2, 0.25) is 0 Å². The van der Waals surface area contributed by atoms with Gasteiger partial charge in [0.15, 0.2) is 11.5 Å². The Bertz CT molecular complexity index is 926. The van der Waals surface area contributed by atoms with Crippen LogP contribution in [0.3, 0.4) is 0 Å². The number of amides is 1. The molecule has 1 aromatic carbocycles. The summed E-state index contributed by atoms with van der Waals surface area (Å²) in [7, 11) is 0. The molecule has 0 radical (unpaired) electrons. The van der Waals surface area contributed by atoms with Crippen LogP contribution in [0.1, 0.15) is 42.9 Å². The Kier molecular flexibility index (Phi) is 3.87. The molecule has 5 rings (SSSR count). The average molecular weight is 384 g/mol. The summed E-state index contributed by atoms with van der Waals surface area (Å²) in [5.74, 6) is 2.85. The molecule has 0 saturated carbocycles. The minimum atomic E-state index is -0.955. The van der Waals surface area contributed by atoms with Gasteiger partial charge in [0, 0.05) is 24.9 Å². The Morgan fingerprint density at radius 3 is 2.61 bits per heavy atom. The smallest absolute Gasteiger partial charge is 0.244 e. The molecule has 3 aliphatic heterocycles. The number of rotatable bonds is 3. The normalized spacial score (nSPS) is 28.0. The molecule has 28 heavy (non-hydrogen) atoms. The Balaban J connectivity index is 1.36. The van der Waals surface area contributed by atoms with Crippen molar-refractivity contribution in [2.45, 2.75) is 63.8 Å². The maximum absolute atomic E-state index is 13.0. The molecule has 4 heterocycles. The van der Waals surface area contributed by atoms with Crippen molar-refractivity contribution >= 4 is 5.91 Å². The second-order valence-corrected chi connectivity index (χ2v) is 8.06. The zero-order valence-electron chi connectivity index (χ0n) is 16.1. The van der Waals surface area contributed by atoms with E-state index in [0.717, 1.165) is 24.2 Å². The highest BCUT2D eigenvalue weighted by Gasteiger charge is 2.50. The van der Waals surface area contributed by atoms with Gasteiger partial charge in [-0.3, -0.25) is 4.79 Å². The molecule has 1 N–H and O–H groups in total. The first kappa shape index (κ1) is 17.5. The van der Waals surface area contributed by atoms with E-state index in [1.54, 1.807) is 4.68 Å². The number of ether oxygens (including phenoxy) is 2. The van der Waals surface area contributed by atoms with Gasteiger partial charge >= 0.3 is 0 Å². The van der Waals surface area contributed by atoms with Gasteiger partial charge < -0.3 is 19.5 Å². The van der Waals surface area contributed by atoms with E-state index in [-0.39, 0.29) is 31.3 Å². The number of carbonyl (C=O) groups excluding carboxylic acids is 1. The van der Waals surface area contributed by atoms with Crippen LogP contribution in [0.15, 0.2) is 18.2 Å². The van der Waals surface area contributed by atoms with E-state index in [1.165, 1.54) is 0 Å². The van der Waals surface area contributed by atoms with E-state index >= 15 is 0 Å². The van der Waals surface area contributed by atoms with E-state index in [0.29, 0.717) is 30.2 Å². The molecule has 2 aromatic rings. The molecule has 2 saturated heterocycles. The van der Waals surface area contributed by atoms with Crippen LogP contribution in [-0.2, 0) is 16.9 Å². The first-order valence-corrected chi connectivity index (χ1v) is 9.75. The third-order valence-corrected chi connectivity index (χ3v) is 6.21. The number of carbonyl (C=O) groups is 1. The Morgan fingerprint density at radius 1 is 1.21 bits per heavy atom. The van der Waals surface area contributed by atoms with Gasteiger partial charge in [-0.05, 0) is 44.4 Å². The molecule has 2 bridgehead atoms. The van der Waals surface area contributed by atoms with Gasteiger partial charge in [0.25, 0.3) is 0 Å². The van der Waals surface area contributed by atoms with Crippen molar-refractivity contribution in [1.29, 1.82) is 0 Å². The summed E-state index contributed by atoms with van der Waals surface area (Å²) in [6.45, 7) is 4.09. The van der Waals surface area contributed by atoms with Crippen LogP contribution in [-0.4, -0.2) is 49.6 Å². The van der Waals surface area contributed by atoms with Crippen molar-refractivity contribution in [1.82, 2.24) is 19.7 Å². The van der Waals surface area contributed by atoms with Crippen LogP contribution >= 0.6 is 0 Å². The molecule has 0 spiro atoms. The Hall–Kier alpha value is -2.61. The second kappa shape index (κ2) is 6.20. The maximum Gasteiger partial charge on any atom is 0.244 e. The van der Waals surface area contributed by atoms with Gasteiger partial charge in [0.1, 0.15) is 18.2 Å². The summed E-state index contributed by atoms with van der Waals surface area (Å²) in [6, 6.07) is 5.70. The largest absolute Gasteiger partial charge is 0.454 e. The summed E-state index contributed by atoms with van der Waals surface area (Å²) < 4.78 is 12.5. The molecule has 3 aliphatic rings. The molecule has 0 unspecified atom stereocenters. The van der Waals surface area contributed by atoms with Crippen molar-refractivity contribution in [3.05, 3.63) is 35.4 Å². The number of fused-ring (bicyclic) bond motifs is 3.